The minimum atomic E-state index is 0.0252. The third-order valence-corrected chi connectivity index (χ3v) is 10.7. The van der Waals surface area contributed by atoms with E-state index in [-0.39, 0.29) is 28.4 Å². The second-order valence-corrected chi connectivity index (χ2v) is 18.5. The van der Waals surface area contributed by atoms with Crippen molar-refractivity contribution in [3.63, 3.8) is 0 Å². The van der Waals surface area contributed by atoms with E-state index >= 15 is 0 Å². The lowest BCUT2D eigenvalue weighted by Crippen LogP contribution is -2.61. The third kappa shape index (κ3) is 5.70. The van der Waals surface area contributed by atoms with Crippen molar-refractivity contribution in [1.29, 1.82) is 0 Å². The quantitative estimate of drug-likeness (QED) is 0.173. The summed E-state index contributed by atoms with van der Waals surface area (Å²) in [6.45, 7) is 27.9. The van der Waals surface area contributed by atoms with Crippen molar-refractivity contribution >= 4 is 57.2 Å². The van der Waals surface area contributed by atoms with E-state index in [4.69, 9.17) is 0 Å². The first-order valence-corrected chi connectivity index (χ1v) is 18.1. The molecule has 0 amide bonds. The molecule has 0 aromatic heterocycles. The average Bonchev–Trinajstić information content (AvgIpc) is 3.02. The second kappa shape index (κ2) is 11.1. The van der Waals surface area contributed by atoms with Gasteiger partial charge in [-0.2, -0.15) is 0 Å². The standard InChI is InChI=1S/C46H53BN2/c1-43(2,3)30-19-23-34(24-20-30)48-38-25-21-32(45(7,8)9)28-36(38)47-37-29-33(46(10,11)12)22-26-39(37)49(41-18-14-17-40(48)42(41)47)35-16-13-15-31(27-35)44(4,5)6/h13-29H,1-12H3. The molecule has 0 saturated heterocycles. The predicted molar refractivity (Wildman–Crippen MR) is 215 cm³/mol. The van der Waals surface area contributed by atoms with Crippen LogP contribution in [0.1, 0.15) is 105 Å². The molecule has 2 nitrogen and oxygen atoms in total. The van der Waals surface area contributed by atoms with Crippen molar-refractivity contribution in [3.8, 4) is 0 Å². The molecular formula is C46H53BN2. The van der Waals surface area contributed by atoms with E-state index in [1.165, 1.54) is 72.8 Å². The van der Waals surface area contributed by atoms with Gasteiger partial charge in [0.25, 0.3) is 6.71 Å². The summed E-state index contributed by atoms with van der Waals surface area (Å²) in [5.41, 5.74) is 17.2. The summed E-state index contributed by atoms with van der Waals surface area (Å²) < 4.78 is 0. The van der Waals surface area contributed by atoms with E-state index in [1.54, 1.807) is 0 Å². The summed E-state index contributed by atoms with van der Waals surface area (Å²) in [4.78, 5) is 5.05. The Balaban J connectivity index is 1.56. The first kappa shape index (κ1) is 33.3. The van der Waals surface area contributed by atoms with Crippen LogP contribution >= 0.6 is 0 Å². The Labute approximate surface area is 296 Å². The molecule has 0 saturated carbocycles. The van der Waals surface area contributed by atoms with E-state index in [0.717, 1.165) is 0 Å². The third-order valence-electron chi connectivity index (χ3n) is 10.7. The molecule has 0 spiro atoms. The number of hydrogen-bond donors (Lipinski definition) is 0. The van der Waals surface area contributed by atoms with Crippen molar-refractivity contribution in [2.75, 3.05) is 9.80 Å². The molecule has 5 aromatic carbocycles. The molecule has 5 aromatic rings. The van der Waals surface area contributed by atoms with E-state index in [9.17, 15) is 0 Å². The predicted octanol–water partition coefficient (Wildman–Crippen LogP) is 11.0. The number of nitrogens with zero attached hydrogens (tertiary/aromatic N) is 2. The molecule has 0 atom stereocenters. The Morgan fingerprint density at radius 3 is 1.24 bits per heavy atom. The zero-order chi connectivity index (χ0) is 35.3. The summed E-state index contributed by atoms with van der Waals surface area (Å²) in [5, 5.41) is 0. The van der Waals surface area contributed by atoms with Gasteiger partial charge in [0.15, 0.2) is 0 Å². The molecule has 2 aliphatic heterocycles. The molecule has 2 heterocycles. The van der Waals surface area contributed by atoms with Crippen LogP contribution in [0.4, 0.5) is 34.1 Å². The van der Waals surface area contributed by atoms with E-state index < -0.39 is 0 Å². The van der Waals surface area contributed by atoms with E-state index in [0.29, 0.717) is 0 Å². The molecule has 0 aliphatic carbocycles. The van der Waals surface area contributed by atoms with Crippen molar-refractivity contribution in [2.24, 2.45) is 0 Å². The van der Waals surface area contributed by atoms with Crippen LogP contribution in [0.2, 0.25) is 0 Å². The summed E-state index contributed by atoms with van der Waals surface area (Å²) in [6.07, 6.45) is 0. The van der Waals surface area contributed by atoms with Crippen molar-refractivity contribution in [2.45, 2.75) is 105 Å². The Morgan fingerprint density at radius 1 is 0.367 bits per heavy atom. The molecule has 0 fully saturated rings. The second-order valence-electron chi connectivity index (χ2n) is 18.5. The van der Waals surface area contributed by atoms with Crippen LogP contribution in [-0.2, 0) is 21.7 Å². The monoisotopic (exact) mass is 644 g/mol. The summed E-state index contributed by atoms with van der Waals surface area (Å²) >= 11 is 0. The largest absolute Gasteiger partial charge is 0.311 e. The highest BCUT2D eigenvalue weighted by Crippen LogP contribution is 2.45. The van der Waals surface area contributed by atoms with Crippen molar-refractivity contribution in [1.82, 2.24) is 0 Å². The van der Waals surface area contributed by atoms with E-state index in [1.807, 2.05) is 0 Å². The number of anilines is 6. The molecule has 3 heteroatoms. The van der Waals surface area contributed by atoms with Crippen LogP contribution in [0.15, 0.2) is 103 Å². The van der Waals surface area contributed by atoms with Crippen LogP contribution in [0.25, 0.3) is 0 Å². The molecular weight excluding hydrogens is 591 g/mol. The average molecular weight is 645 g/mol. The molecule has 0 N–H and O–H groups in total. The fourth-order valence-corrected chi connectivity index (χ4v) is 7.66. The number of rotatable bonds is 2. The molecule has 250 valence electrons. The topological polar surface area (TPSA) is 6.48 Å². The van der Waals surface area contributed by atoms with Gasteiger partial charge in [0.2, 0.25) is 0 Å². The van der Waals surface area contributed by atoms with Crippen LogP contribution < -0.4 is 26.2 Å². The van der Waals surface area contributed by atoms with Crippen LogP contribution in [0, 0.1) is 0 Å². The zero-order valence-electron chi connectivity index (χ0n) is 31.8. The Morgan fingerprint density at radius 2 is 0.776 bits per heavy atom. The van der Waals surface area contributed by atoms with Gasteiger partial charge in [-0.15, -0.1) is 0 Å². The highest BCUT2D eigenvalue weighted by molar-refractivity contribution is 7.00. The molecule has 49 heavy (non-hydrogen) atoms. The van der Waals surface area contributed by atoms with Gasteiger partial charge in [-0.05, 0) is 109 Å². The van der Waals surface area contributed by atoms with Gasteiger partial charge in [0.1, 0.15) is 0 Å². The first-order chi connectivity index (χ1) is 22.8. The van der Waals surface area contributed by atoms with Crippen LogP contribution in [0.3, 0.4) is 0 Å². The maximum absolute atomic E-state index is 2.53. The van der Waals surface area contributed by atoms with Gasteiger partial charge in [-0.1, -0.05) is 138 Å². The van der Waals surface area contributed by atoms with Gasteiger partial charge in [0.05, 0.1) is 0 Å². The minimum absolute atomic E-state index is 0.0252. The lowest BCUT2D eigenvalue weighted by atomic mass is 9.33. The zero-order valence-corrected chi connectivity index (χ0v) is 31.8. The Hall–Kier alpha value is -4.24. The summed E-state index contributed by atoms with van der Waals surface area (Å²) in [6, 6.07) is 39.9. The van der Waals surface area contributed by atoms with Crippen molar-refractivity contribution < 1.29 is 0 Å². The Bertz CT molecular complexity index is 2060. The number of fused-ring (bicyclic) bond motifs is 4. The summed E-state index contributed by atoms with van der Waals surface area (Å²) in [7, 11) is 0. The highest BCUT2D eigenvalue weighted by atomic mass is 15.2. The first-order valence-electron chi connectivity index (χ1n) is 18.1. The SMILES string of the molecule is CC(C)(C)c1ccc(N2c3ccc(C(C)(C)C)cc3B3c4cc(C(C)(C)C)ccc4N(c4cccc(C(C)(C)C)c4)c4cccc2c43)cc1. The smallest absolute Gasteiger partial charge is 0.252 e. The van der Waals surface area contributed by atoms with Gasteiger partial charge < -0.3 is 9.80 Å². The minimum Gasteiger partial charge on any atom is -0.311 e. The number of hydrogen-bond acceptors (Lipinski definition) is 2. The Kier molecular flexibility index (Phi) is 7.56. The van der Waals surface area contributed by atoms with Crippen molar-refractivity contribution in [3.05, 3.63) is 125 Å². The molecule has 2 aliphatic rings. The summed E-state index contributed by atoms with van der Waals surface area (Å²) in [5.74, 6) is 0. The molecule has 0 bridgehead atoms. The maximum Gasteiger partial charge on any atom is 0.252 e. The van der Waals surface area contributed by atoms with Crippen LogP contribution in [-0.4, -0.2) is 6.71 Å². The lowest BCUT2D eigenvalue weighted by molar-refractivity contribution is 0.590. The maximum atomic E-state index is 2.53. The number of benzene rings is 5. The van der Waals surface area contributed by atoms with E-state index in [2.05, 4.69) is 196 Å². The lowest BCUT2D eigenvalue weighted by Gasteiger charge is -2.45. The normalized spacial score (nSPS) is 14.4. The fourth-order valence-electron chi connectivity index (χ4n) is 7.66. The van der Waals surface area contributed by atoms with Gasteiger partial charge in [0, 0.05) is 34.1 Å². The highest BCUT2D eigenvalue weighted by Gasteiger charge is 2.44. The molecule has 0 unspecified atom stereocenters. The van der Waals surface area contributed by atoms with Gasteiger partial charge in [-0.3, -0.25) is 0 Å². The van der Waals surface area contributed by atoms with Crippen LogP contribution in [0.5, 0.6) is 0 Å². The molecule has 7 rings (SSSR count). The fraction of sp³-hybridized carbons (Fsp3) is 0.348. The molecule has 0 radical (unpaired) electrons. The van der Waals surface area contributed by atoms with Gasteiger partial charge >= 0.3 is 0 Å². The van der Waals surface area contributed by atoms with Gasteiger partial charge in [-0.25, -0.2) is 0 Å².